The van der Waals surface area contributed by atoms with E-state index in [0.29, 0.717) is 39.2 Å². The molecule has 0 unspecified atom stereocenters. The molecule has 9 heteroatoms. The monoisotopic (exact) mass is 643 g/mol. The quantitative estimate of drug-likeness (QED) is 0.247. The molecule has 0 aliphatic carbocycles. The van der Waals surface area contributed by atoms with E-state index in [1.165, 1.54) is 5.56 Å². The Morgan fingerprint density at radius 3 is 2.34 bits per heavy atom. The molecule has 2 aliphatic rings. The number of anilines is 1. The highest BCUT2D eigenvalue weighted by molar-refractivity contribution is 5.74. The zero-order valence-corrected chi connectivity index (χ0v) is 29.3. The number of fused-ring (bicyclic) bond motifs is 1. The lowest BCUT2D eigenvalue weighted by Crippen LogP contribution is -2.49. The number of benzene rings is 2. The average Bonchev–Trinajstić information content (AvgIpc) is 3.44. The van der Waals surface area contributed by atoms with Crippen LogP contribution >= 0.6 is 0 Å². The topological polar surface area (TPSA) is 90.4 Å². The maximum Gasteiger partial charge on any atom is 0.410 e. The Morgan fingerprint density at radius 1 is 0.915 bits per heavy atom. The molecule has 47 heavy (non-hydrogen) atoms. The maximum absolute atomic E-state index is 12.9. The molecule has 1 amide bonds. The van der Waals surface area contributed by atoms with Gasteiger partial charge in [-0.2, -0.15) is 0 Å². The van der Waals surface area contributed by atoms with Crippen LogP contribution in [0.1, 0.15) is 75.8 Å². The first kappa shape index (κ1) is 34.2. The number of methoxy groups -OCH3 is 1. The van der Waals surface area contributed by atoms with E-state index in [1.807, 2.05) is 84.9 Å². The SMILES string of the molecule is CO[C@H]1CN(c2cccc(-c3cccc(C)c3OCc3cc(C)c4c(c3)CN(C(=O)OC(C)(C)C)C4)n2)CC[C@H]1C(=O)OC(C)(C)C. The van der Waals surface area contributed by atoms with Crippen molar-refractivity contribution < 1.29 is 28.5 Å². The summed E-state index contributed by atoms with van der Waals surface area (Å²) in [4.78, 5) is 34.6. The zero-order chi connectivity index (χ0) is 34.1. The Hall–Kier alpha value is -4.11. The van der Waals surface area contributed by atoms with Crippen LogP contribution in [-0.4, -0.2) is 59.5 Å². The molecule has 0 spiro atoms. The average molecular weight is 644 g/mol. The third kappa shape index (κ3) is 8.25. The predicted molar refractivity (Wildman–Crippen MR) is 182 cm³/mol. The maximum atomic E-state index is 12.9. The van der Waals surface area contributed by atoms with Crippen LogP contribution in [0, 0.1) is 19.8 Å². The van der Waals surface area contributed by atoms with E-state index in [2.05, 4.69) is 24.0 Å². The Kier molecular flexibility index (Phi) is 9.87. The number of carbonyl (C=O) groups is 2. The van der Waals surface area contributed by atoms with Crippen LogP contribution in [0.3, 0.4) is 0 Å². The molecule has 0 bridgehead atoms. The number of rotatable bonds is 7. The fourth-order valence-electron chi connectivity index (χ4n) is 6.29. The predicted octanol–water partition coefficient (Wildman–Crippen LogP) is 7.38. The second kappa shape index (κ2) is 13.6. The molecule has 1 saturated heterocycles. The molecule has 0 saturated carbocycles. The highest BCUT2D eigenvalue weighted by atomic mass is 16.6. The minimum atomic E-state index is -0.543. The number of para-hydroxylation sites is 1. The van der Waals surface area contributed by atoms with Gasteiger partial charge < -0.3 is 23.8 Å². The van der Waals surface area contributed by atoms with Crippen LogP contribution in [0.2, 0.25) is 0 Å². The molecule has 3 heterocycles. The minimum absolute atomic E-state index is 0.216. The van der Waals surface area contributed by atoms with Crippen LogP contribution < -0.4 is 9.64 Å². The second-order valence-corrected chi connectivity index (χ2v) is 14.7. The van der Waals surface area contributed by atoms with E-state index < -0.39 is 11.2 Å². The molecule has 1 fully saturated rings. The molecule has 252 valence electrons. The van der Waals surface area contributed by atoms with Gasteiger partial charge in [-0.25, -0.2) is 9.78 Å². The Bertz CT molecular complexity index is 1620. The van der Waals surface area contributed by atoms with Crippen molar-refractivity contribution in [3.05, 3.63) is 76.3 Å². The van der Waals surface area contributed by atoms with E-state index in [-0.39, 0.29) is 24.1 Å². The largest absolute Gasteiger partial charge is 0.488 e. The highest BCUT2D eigenvalue weighted by Gasteiger charge is 2.37. The summed E-state index contributed by atoms with van der Waals surface area (Å²) in [7, 11) is 1.64. The van der Waals surface area contributed by atoms with Gasteiger partial charge in [0.05, 0.1) is 17.7 Å². The summed E-state index contributed by atoms with van der Waals surface area (Å²) in [6, 6.07) is 16.4. The smallest absolute Gasteiger partial charge is 0.410 e. The normalized spacial score (nSPS) is 18.1. The standard InChI is InChI=1S/C38H49N3O6/c1-24-12-10-13-28(31-14-11-15-33(39-31)40-17-16-29(32(22-40)44-9)35(42)46-37(3,4)5)34(24)45-23-26-18-25(2)30-21-41(20-27(30)19-26)36(43)47-38(6,7)8/h10-15,18-19,29,32H,16-17,20-23H2,1-9H3/t29-,32+/m1/s1. The number of piperidine rings is 1. The molecule has 2 aliphatic heterocycles. The number of nitrogens with zero attached hydrogens (tertiary/aromatic N) is 3. The van der Waals surface area contributed by atoms with Crippen LogP contribution in [-0.2, 0) is 38.7 Å². The lowest BCUT2D eigenvalue weighted by Gasteiger charge is -2.38. The lowest BCUT2D eigenvalue weighted by atomic mass is 9.93. The van der Waals surface area contributed by atoms with Gasteiger partial charge in [0.25, 0.3) is 0 Å². The number of aromatic nitrogens is 1. The van der Waals surface area contributed by atoms with Crippen molar-refractivity contribution in [1.29, 1.82) is 0 Å². The summed E-state index contributed by atoms with van der Waals surface area (Å²) in [6.45, 7) is 18.1. The molecule has 5 rings (SSSR count). The van der Waals surface area contributed by atoms with Crippen molar-refractivity contribution in [2.24, 2.45) is 5.92 Å². The van der Waals surface area contributed by atoms with Gasteiger partial charge in [-0.1, -0.05) is 30.3 Å². The lowest BCUT2D eigenvalue weighted by molar-refractivity contribution is -0.165. The summed E-state index contributed by atoms with van der Waals surface area (Å²) in [5.41, 5.74) is 6.12. The third-order valence-electron chi connectivity index (χ3n) is 8.49. The van der Waals surface area contributed by atoms with E-state index in [0.717, 1.165) is 45.1 Å². The van der Waals surface area contributed by atoms with Crippen molar-refractivity contribution in [3.63, 3.8) is 0 Å². The van der Waals surface area contributed by atoms with Gasteiger partial charge in [-0.05, 0) is 108 Å². The van der Waals surface area contributed by atoms with Gasteiger partial charge in [0, 0.05) is 38.9 Å². The fraction of sp³-hybridized carbons (Fsp3) is 0.500. The van der Waals surface area contributed by atoms with Crippen molar-refractivity contribution in [2.45, 2.75) is 98.8 Å². The highest BCUT2D eigenvalue weighted by Crippen LogP contribution is 2.35. The van der Waals surface area contributed by atoms with Gasteiger partial charge in [-0.3, -0.25) is 9.69 Å². The molecule has 1 aromatic heterocycles. The molecule has 2 aromatic carbocycles. The minimum Gasteiger partial charge on any atom is -0.488 e. The number of esters is 1. The summed E-state index contributed by atoms with van der Waals surface area (Å²) in [5.74, 6) is 1.07. The first-order valence-corrected chi connectivity index (χ1v) is 16.4. The Morgan fingerprint density at radius 2 is 1.64 bits per heavy atom. The molecule has 2 atom stereocenters. The van der Waals surface area contributed by atoms with Gasteiger partial charge in [0.15, 0.2) is 0 Å². The summed E-state index contributed by atoms with van der Waals surface area (Å²) in [5, 5.41) is 0. The molecule has 0 N–H and O–H groups in total. The number of hydrogen-bond donors (Lipinski definition) is 0. The molecule has 3 aromatic rings. The second-order valence-electron chi connectivity index (χ2n) is 14.7. The van der Waals surface area contributed by atoms with Crippen LogP contribution in [0.5, 0.6) is 5.75 Å². The van der Waals surface area contributed by atoms with E-state index in [4.69, 9.17) is 23.9 Å². The zero-order valence-electron chi connectivity index (χ0n) is 29.3. The summed E-state index contributed by atoms with van der Waals surface area (Å²) in [6.07, 6.45) is 0.0256. The van der Waals surface area contributed by atoms with Crippen molar-refractivity contribution in [3.8, 4) is 17.0 Å². The van der Waals surface area contributed by atoms with Gasteiger partial charge >= 0.3 is 12.1 Å². The van der Waals surface area contributed by atoms with Gasteiger partial charge in [0.2, 0.25) is 0 Å². The Labute approximate surface area is 279 Å². The van der Waals surface area contributed by atoms with E-state index in [1.54, 1.807) is 12.0 Å². The van der Waals surface area contributed by atoms with Gasteiger partial charge in [-0.15, -0.1) is 0 Å². The van der Waals surface area contributed by atoms with E-state index >= 15 is 0 Å². The number of ether oxygens (including phenoxy) is 4. The van der Waals surface area contributed by atoms with E-state index in [9.17, 15) is 9.59 Å². The Balaban J connectivity index is 1.31. The van der Waals surface area contributed by atoms with Crippen LogP contribution in [0.25, 0.3) is 11.3 Å². The van der Waals surface area contributed by atoms with Crippen molar-refractivity contribution >= 4 is 17.9 Å². The molecular formula is C38H49N3O6. The number of amides is 1. The molecule has 0 radical (unpaired) electrons. The number of hydrogen-bond acceptors (Lipinski definition) is 8. The number of aryl methyl sites for hydroxylation is 2. The van der Waals surface area contributed by atoms with Crippen molar-refractivity contribution in [1.82, 2.24) is 9.88 Å². The summed E-state index contributed by atoms with van der Waals surface area (Å²) >= 11 is 0. The summed E-state index contributed by atoms with van der Waals surface area (Å²) < 4.78 is 23.6. The number of pyridine rings is 1. The fourth-order valence-corrected chi connectivity index (χ4v) is 6.29. The number of carbonyl (C=O) groups excluding carboxylic acids is 2. The first-order chi connectivity index (χ1) is 22.1. The molecular weight excluding hydrogens is 594 g/mol. The first-order valence-electron chi connectivity index (χ1n) is 16.4. The third-order valence-corrected chi connectivity index (χ3v) is 8.49. The van der Waals surface area contributed by atoms with Crippen LogP contribution in [0.4, 0.5) is 10.6 Å². The molecule has 9 nitrogen and oxygen atoms in total. The van der Waals surface area contributed by atoms with Crippen LogP contribution in [0.15, 0.2) is 48.5 Å². The van der Waals surface area contributed by atoms with Gasteiger partial charge in [0.1, 0.15) is 29.4 Å². The van der Waals surface area contributed by atoms with Crippen molar-refractivity contribution in [2.75, 3.05) is 25.1 Å².